The lowest BCUT2D eigenvalue weighted by Crippen LogP contribution is -2.09. The molecule has 0 atom stereocenters. The van der Waals surface area contributed by atoms with Crippen molar-refractivity contribution in [2.45, 2.75) is 0 Å². The molecule has 0 saturated carbocycles. The van der Waals surface area contributed by atoms with E-state index in [-0.39, 0.29) is 0 Å². The van der Waals surface area contributed by atoms with Gasteiger partial charge in [0, 0.05) is 5.56 Å². The smallest absolute Gasteiger partial charge is 0.0652 e. The number of rotatable bonds is 7. The highest BCUT2D eigenvalue weighted by Crippen LogP contribution is 2.36. The Morgan fingerprint density at radius 3 is 1.23 bits per heavy atom. The van der Waals surface area contributed by atoms with Gasteiger partial charge in [0.25, 0.3) is 0 Å². The third-order valence-corrected chi connectivity index (χ3v) is 7.78. The molecule has 7 aromatic carbocycles. The lowest BCUT2D eigenvalue weighted by atomic mass is 9.88. The molecule has 0 aliphatic rings. The molecule has 0 unspecified atom stereocenters. The van der Waals surface area contributed by atoms with E-state index in [1.54, 1.807) is 0 Å². The van der Waals surface area contributed by atoms with Gasteiger partial charge in [0.2, 0.25) is 0 Å². The van der Waals surface area contributed by atoms with Crippen molar-refractivity contribution in [2.24, 2.45) is 5.10 Å². The average Bonchev–Trinajstić information content (AvgIpc) is 3.09. The molecule has 0 fully saturated rings. The van der Waals surface area contributed by atoms with E-state index in [1.165, 1.54) is 32.9 Å². The number of hydrogen-bond acceptors (Lipinski definition) is 2. The van der Waals surface area contributed by atoms with E-state index in [1.807, 2.05) is 47.6 Å². The molecule has 2 heteroatoms. The summed E-state index contributed by atoms with van der Waals surface area (Å²) >= 11 is 0. The lowest BCUT2D eigenvalue weighted by molar-refractivity contribution is 1.09. The number of benzene rings is 7. The van der Waals surface area contributed by atoms with Crippen LogP contribution in [-0.2, 0) is 0 Å². The molecule has 0 heterocycles. The quantitative estimate of drug-likeness (QED) is 0.0834. The average molecular weight is 551 g/mol. The summed E-state index contributed by atoms with van der Waals surface area (Å²) in [5.41, 5.74) is 7.73. The predicted molar refractivity (Wildman–Crippen MR) is 184 cm³/mol. The molecule has 0 spiro atoms. The minimum absolute atomic E-state index is 1.00. The zero-order valence-electron chi connectivity index (χ0n) is 23.7. The first-order valence-electron chi connectivity index (χ1n) is 14.6. The van der Waals surface area contributed by atoms with Crippen molar-refractivity contribution >= 4 is 50.8 Å². The Kier molecular flexibility index (Phi) is 7.32. The predicted octanol–water partition coefficient (Wildman–Crippen LogP) is 10.8. The van der Waals surface area contributed by atoms with Crippen molar-refractivity contribution in [3.63, 3.8) is 0 Å². The van der Waals surface area contributed by atoms with Gasteiger partial charge in [-0.25, -0.2) is 5.01 Å². The van der Waals surface area contributed by atoms with Gasteiger partial charge in [-0.2, -0.15) is 5.10 Å². The Bertz CT molecular complexity index is 1970. The molecule has 7 rings (SSSR count). The van der Waals surface area contributed by atoms with E-state index >= 15 is 0 Å². The van der Waals surface area contributed by atoms with Gasteiger partial charge in [0.1, 0.15) is 0 Å². The summed E-state index contributed by atoms with van der Waals surface area (Å²) in [6, 6.07) is 59.2. The molecular weight excluding hydrogens is 520 g/mol. The SMILES string of the molecule is C(=C(c1ccccc1)c1ccccc1)c1c(/C=N/N(c2ccccc2)c2ccccc2)c2ccccc2c2ccccc12. The van der Waals surface area contributed by atoms with Gasteiger partial charge < -0.3 is 0 Å². The van der Waals surface area contributed by atoms with Gasteiger partial charge in [-0.1, -0.05) is 146 Å². The maximum atomic E-state index is 5.18. The second kappa shape index (κ2) is 12.0. The van der Waals surface area contributed by atoms with E-state index in [9.17, 15) is 0 Å². The molecular formula is C41H30N2. The van der Waals surface area contributed by atoms with Gasteiger partial charge in [0.15, 0.2) is 0 Å². The molecule has 0 amide bonds. The van der Waals surface area contributed by atoms with Gasteiger partial charge in [-0.05, 0) is 74.1 Å². The zero-order valence-corrected chi connectivity index (χ0v) is 23.7. The maximum Gasteiger partial charge on any atom is 0.0652 e. The fraction of sp³-hybridized carbons (Fsp3) is 0. The third-order valence-electron chi connectivity index (χ3n) is 7.78. The van der Waals surface area contributed by atoms with Crippen molar-refractivity contribution in [2.75, 3.05) is 5.01 Å². The monoisotopic (exact) mass is 550 g/mol. The van der Waals surface area contributed by atoms with Crippen LogP contribution in [0, 0.1) is 0 Å². The van der Waals surface area contributed by atoms with Crippen LogP contribution in [0.3, 0.4) is 0 Å². The molecule has 2 nitrogen and oxygen atoms in total. The Morgan fingerprint density at radius 1 is 0.395 bits per heavy atom. The molecule has 0 radical (unpaired) electrons. The summed E-state index contributed by atoms with van der Waals surface area (Å²) < 4.78 is 0. The lowest BCUT2D eigenvalue weighted by Gasteiger charge is -2.20. The fourth-order valence-corrected chi connectivity index (χ4v) is 5.74. The molecule has 43 heavy (non-hydrogen) atoms. The minimum atomic E-state index is 1.00. The summed E-state index contributed by atoms with van der Waals surface area (Å²) in [4.78, 5) is 0. The van der Waals surface area contributed by atoms with Crippen LogP contribution < -0.4 is 5.01 Å². The molecule has 0 N–H and O–H groups in total. The summed E-state index contributed by atoms with van der Waals surface area (Å²) in [6.45, 7) is 0. The first-order chi connectivity index (χ1) is 21.4. The Labute approximate surface area is 252 Å². The number of nitrogens with zero attached hydrogens (tertiary/aromatic N) is 2. The van der Waals surface area contributed by atoms with Crippen molar-refractivity contribution in [3.05, 3.63) is 192 Å². The topological polar surface area (TPSA) is 15.6 Å². The molecule has 0 aliphatic carbocycles. The van der Waals surface area contributed by atoms with Gasteiger partial charge in [-0.15, -0.1) is 0 Å². The number of hydrogen-bond donors (Lipinski definition) is 0. The van der Waals surface area contributed by atoms with Crippen molar-refractivity contribution < 1.29 is 0 Å². The summed E-state index contributed by atoms with van der Waals surface area (Å²) in [7, 11) is 0. The molecule has 0 bridgehead atoms. The van der Waals surface area contributed by atoms with Crippen molar-refractivity contribution in [1.82, 2.24) is 0 Å². The van der Waals surface area contributed by atoms with E-state index in [4.69, 9.17) is 5.10 Å². The van der Waals surface area contributed by atoms with Crippen LogP contribution in [0.1, 0.15) is 22.3 Å². The number of hydrazone groups is 1. The van der Waals surface area contributed by atoms with Crippen molar-refractivity contribution in [3.8, 4) is 0 Å². The van der Waals surface area contributed by atoms with E-state index in [0.717, 1.165) is 27.9 Å². The van der Waals surface area contributed by atoms with Crippen LogP contribution >= 0.6 is 0 Å². The number of para-hydroxylation sites is 2. The molecule has 7 aromatic rings. The third kappa shape index (κ3) is 5.35. The highest BCUT2D eigenvalue weighted by atomic mass is 15.5. The molecule has 0 aliphatic heterocycles. The van der Waals surface area contributed by atoms with E-state index < -0.39 is 0 Å². The highest BCUT2D eigenvalue weighted by Gasteiger charge is 2.15. The van der Waals surface area contributed by atoms with Crippen LogP contribution in [0.25, 0.3) is 33.2 Å². The first-order valence-corrected chi connectivity index (χ1v) is 14.6. The Hall–Kier alpha value is -5.73. The second-order valence-electron chi connectivity index (χ2n) is 10.4. The van der Waals surface area contributed by atoms with Crippen LogP contribution in [0.2, 0.25) is 0 Å². The largest absolute Gasteiger partial charge is 0.234 e. The highest BCUT2D eigenvalue weighted by molar-refractivity contribution is 6.19. The van der Waals surface area contributed by atoms with E-state index in [2.05, 4.69) is 140 Å². The molecule has 0 saturated heterocycles. The first kappa shape index (κ1) is 26.2. The van der Waals surface area contributed by atoms with Crippen LogP contribution in [0.15, 0.2) is 175 Å². The zero-order chi connectivity index (χ0) is 28.8. The summed E-state index contributed by atoms with van der Waals surface area (Å²) in [5.74, 6) is 0. The van der Waals surface area contributed by atoms with Crippen molar-refractivity contribution in [1.29, 1.82) is 0 Å². The Balaban J connectivity index is 1.52. The number of fused-ring (bicyclic) bond motifs is 3. The van der Waals surface area contributed by atoms with E-state index in [0.29, 0.717) is 0 Å². The van der Waals surface area contributed by atoms with Crippen LogP contribution in [-0.4, -0.2) is 6.21 Å². The number of anilines is 2. The minimum Gasteiger partial charge on any atom is -0.234 e. The fourth-order valence-electron chi connectivity index (χ4n) is 5.74. The molecule has 0 aromatic heterocycles. The normalized spacial score (nSPS) is 11.2. The summed E-state index contributed by atoms with van der Waals surface area (Å²) in [5, 5.41) is 12.0. The van der Waals surface area contributed by atoms with Crippen LogP contribution in [0.4, 0.5) is 11.4 Å². The standard InChI is InChI=1S/C41H30N2/c1-5-17-31(18-6-1)39(32-19-7-2-8-20-32)29-40-37-27-15-13-25-35(37)36-26-14-16-28-38(36)41(40)30-42-43(33-21-9-3-10-22-33)34-23-11-4-12-24-34/h1-30H/b42-30+. The molecule has 204 valence electrons. The van der Waals surface area contributed by atoms with Gasteiger partial charge in [-0.3, -0.25) is 0 Å². The Morgan fingerprint density at radius 2 is 0.767 bits per heavy atom. The van der Waals surface area contributed by atoms with Crippen LogP contribution in [0.5, 0.6) is 0 Å². The maximum absolute atomic E-state index is 5.18. The second-order valence-corrected chi connectivity index (χ2v) is 10.4. The van der Waals surface area contributed by atoms with Gasteiger partial charge in [0.05, 0.1) is 17.6 Å². The van der Waals surface area contributed by atoms with Gasteiger partial charge >= 0.3 is 0 Å². The summed E-state index contributed by atoms with van der Waals surface area (Å²) in [6.07, 6.45) is 4.38.